The van der Waals surface area contributed by atoms with E-state index in [1.165, 1.54) is 70.2 Å². The van der Waals surface area contributed by atoms with E-state index in [1.54, 1.807) is 30.5 Å². The molecule has 0 spiro atoms. The van der Waals surface area contributed by atoms with Gasteiger partial charge in [-0.3, -0.25) is 32.9 Å². The van der Waals surface area contributed by atoms with Gasteiger partial charge in [-0.15, -0.1) is 0 Å². The van der Waals surface area contributed by atoms with Crippen LogP contribution in [0.2, 0.25) is 0 Å². The van der Waals surface area contributed by atoms with Crippen LogP contribution >= 0.6 is 11.6 Å². The van der Waals surface area contributed by atoms with E-state index in [1.807, 2.05) is 91.0 Å². The average molecular weight is 1500 g/mol. The summed E-state index contributed by atoms with van der Waals surface area (Å²) in [5.74, 6) is -2.63. The summed E-state index contributed by atoms with van der Waals surface area (Å²) in [6, 6.07) is 38.8. The van der Waals surface area contributed by atoms with E-state index in [9.17, 15) is 60.8 Å². The van der Waals surface area contributed by atoms with Crippen LogP contribution in [0.4, 0.5) is 26.3 Å². The van der Waals surface area contributed by atoms with Crippen molar-refractivity contribution in [3.8, 4) is 17.8 Å². The number of rotatable bonds is 14. The molecule has 12 aromatic rings. The number of benzene rings is 6. The molecule has 3 fully saturated rings. The molecule has 107 heavy (non-hydrogen) atoms. The van der Waals surface area contributed by atoms with Crippen LogP contribution in [0.1, 0.15) is 77.7 Å². The third kappa shape index (κ3) is 19.0. The summed E-state index contributed by atoms with van der Waals surface area (Å²) in [6.45, 7) is -2.44. The molecule has 5 N–H and O–H groups in total. The van der Waals surface area contributed by atoms with Crippen LogP contribution in [0, 0.1) is 11.3 Å². The molecule has 3 aliphatic heterocycles. The second kappa shape index (κ2) is 36.0. The number of fused-ring (bicyclic) bond motifs is 9. The molecule has 6 aromatic heterocycles. The first-order valence-electron chi connectivity index (χ1n) is 33.1. The average Bonchev–Trinajstić information content (AvgIpc) is 0.764. The van der Waals surface area contributed by atoms with E-state index in [-0.39, 0.29) is 89.4 Å². The maximum absolute atomic E-state index is 13.4. The van der Waals surface area contributed by atoms with Gasteiger partial charge in [0.05, 0.1) is 114 Å². The van der Waals surface area contributed by atoms with Crippen LogP contribution < -0.4 is 61.3 Å². The maximum Gasteiger partial charge on any atom is 1.00 e. The van der Waals surface area contributed by atoms with E-state index >= 15 is 0 Å². The Morgan fingerprint density at radius 1 is 0.542 bits per heavy atom. The molecule has 15 rings (SSSR count). The van der Waals surface area contributed by atoms with Crippen LogP contribution in [0.3, 0.4) is 0 Å². The van der Waals surface area contributed by atoms with Crippen LogP contribution in [-0.2, 0) is 38.3 Å². The molecule has 550 valence electrons. The summed E-state index contributed by atoms with van der Waals surface area (Å²) in [5, 5.41) is 48.5. The summed E-state index contributed by atoms with van der Waals surface area (Å²) >= 11 is 3.94. The number of nitrogens with one attached hydrogen (secondary N) is 1. The zero-order valence-corrected chi connectivity index (χ0v) is 60.0. The first kappa shape index (κ1) is 79.5. The second-order valence-electron chi connectivity index (χ2n) is 24.7. The Bertz CT molecular complexity index is 5210. The molecule has 24 nitrogen and oxygen atoms in total. The number of H-pyrrole nitrogens is 1. The van der Waals surface area contributed by atoms with Gasteiger partial charge in [0.2, 0.25) is 17.3 Å². The molecule has 0 amide bonds. The van der Waals surface area contributed by atoms with Crippen molar-refractivity contribution in [2.45, 2.75) is 100 Å². The molecular formula is C75H67ClF6N10NaO14+. The van der Waals surface area contributed by atoms with Gasteiger partial charge in [-0.1, -0.05) is 91.0 Å². The molecule has 0 unspecified atom stereocenters. The minimum Gasteiger partial charge on any atom is -0.476 e. The summed E-state index contributed by atoms with van der Waals surface area (Å²) in [7, 11) is 0. The Balaban J connectivity index is 0.000000160. The standard InChI is InChI=1S/2C24H21F2N3O4.C23H21N3O4.C2HClF2O2.C2H3N.Na/c2*25-24(26)33-21-6-5-14(11-27-21)9-15-10-18-22(17-4-2-1-3-16(15)17)28-13-29(23(18)31)19-7-8-32-12-20(19)30;27-20-12-30-8-7-19(20)26-13-25-22-17-4-2-1-3-16(17)15(10-18(22)23(26)29)9-14-5-6-21(28)24-11-14;3-2(4,5)1(6)7;1-2-3;/h2*1-6,10-11,13,19-20,24,30H,7-9,12H2;1-6,10-11,13,19-20,27H,7-9,12H2,(H,24,28);(H,6,7);1H3;/q;;;;;+1/t3*19-,20-;;;/m000.../s1. The smallest absolute Gasteiger partial charge is 0.476 e. The van der Waals surface area contributed by atoms with Gasteiger partial charge in [-0.2, -0.15) is 31.6 Å². The number of nitriles is 1. The van der Waals surface area contributed by atoms with Gasteiger partial charge < -0.3 is 49.1 Å². The molecule has 0 radical (unpaired) electrons. The molecule has 32 heteroatoms. The summed E-state index contributed by atoms with van der Waals surface area (Å²) in [5.41, 5.74) is 6.33. The molecule has 9 heterocycles. The number of halogens is 7. The number of ether oxygens (including phenoxy) is 5. The van der Waals surface area contributed by atoms with E-state index in [2.05, 4.69) is 51.0 Å². The molecular weight excluding hydrogens is 1440 g/mol. The first-order valence-corrected chi connectivity index (χ1v) is 33.5. The second-order valence-corrected chi connectivity index (χ2v) is 25.2. The van der Waals surface area contributed by atoms with Crippen molar-refractivity contribution >= 4 is 82.6 Å². The van der Waals surface area contributed by atoms with Crippen molar-refractivity contribution < 1.29 is 105 Å². The van der Waals surface area contributed by atoms with Crippen molar-refractivity contribution in [3.63, 3.8) is 0 Å². The molecule has 0 aliphatic carbocycles. The number of pyridine rings is 3. The predicted molar refractivity (Wildman–Crippen MR) is 379 cm³/mol. The molecule has 6 atom stereocenters. The Kier molecular flexibility index (Phi) is 26.8. The van der Waals surface area contributed by atoms with E-state index < -0.39 is 55.0 Å². The van der Waals surface area contributed by atoms with Gasteiger partial charge >= 0.3 is 54.1 Å². The fraction of sp³-hybridized carbons (Fsp3) is 0.293. The number of aliphatic hydroxyl groups excluding tert-OH is 3. The maximum atomic E-state index is 13.4. The van der Waals surface area contributed by atoms with E-state index in [4.69, 9.17) is 29.4 Å². The molecule has 0 bridgehead atoms. The SMILES string of the molecule is CC#N.O=C(O)C(F)(F)Cl.O=c1c2cc(Cc3ccc(OC(F)F)nc3)c3ccccc3c2ncn1[C@H]1CCOC[C@@H]1O.O=c1c2cc(Cc3ccc(OC(F)F)nc3)c3ccccc3c2ncn1[C@H]1CCOC[C@@H]1O.O=c1ccc(Cc2cc3c(=O)n([C@H]4CCOC[C@@H]4O)cnc3c3ccccc23)c[nH]1.[Na+]. The van der Waals surface area contributed by atoms with Crippen molar-refractivity contribution in [1.82, 2.24) is 43.6 Å². The largest absolute Gasteiger partial charge is 1.00 e. The number of hydrogen-bond acceptors (Lipinski definition) is 19. The Morgan fingerprint density at radius 2 is 0.850 bits per heavy atom. The molecule has 3 saturated heterocycles. The minimum absolute atomic E-state index is 0. The quantitative estimate of drug-likeness (QED) is 0.0304. The van der Waals surface area contributed by atoms with Crippen molar-refractivity contribution in [1.29, 1.82) is 5.26 Å². The van der Waals surface area contributed by atoms with Crippen molar-refractivity contribution in [2.24, 2.45) is 0 Å². The minimum atomic E-state index is -4.11. The van der Waals surface area contributed by atoms with Crippen LogP contribution in [-0.4, -0.2) is 147 Å². The predicted octanol–water partition coefficient (Wildman–Crippen LogP) is 7.51. The number of aliphatic hydroxyl groups is 3. The fourth-order valence-corrected chi connectivity index (χ4v) is 13.0. The fourth-order valence-electron chi connectivity index (χ4n) is 13.0. The third-order valence-electron chi connectivity index (χ3n) is 17.9. The third-order valence-corrected chi connectivity index (χ3v) is 18.0. The van der Waals surface area contributed by atoms with Gasteiger partial charge in [-0.05, 0) is 118 Å². The summed E-state index contributed by atoms with van der Waals surface area (Å²) < 4.78 is 101. The topological polar surface area (TPSA) is 331 Å². The number of hydrogen-bond donors (Lipinski definition) is 5. The van der Waals surface area contributed by atoms with E-state index in [0.717, 1.165) is 65.7 Å². The number of aliphatic carboxylic acids is 1. The van der Waals surface area contributed by atoms with Crippen molar-refractivity contribution in [3.05, 3.63) is 240 Å². The van der Waals surface area contributed by atoms with E-state index in [0.29, 0.717) is 91.1 Å². The number of carbonyl (C=O) groups is 1. The molecule has 6 aromatic carbocycles. The number of alkyl halides is 7. The first-order chi connectivity index (χ1) is 51.0. The van der Waals surface area contributed by atoms with Gasteiger partial charge in [0.15, 0.2) is 0 Å². The normalized spacial score (nSPS) is 17.8. The monoisotopic (exact) mass is 1500 g/mol. The van der Waals surface area contributed by atoms with Gasteiger partial charge in [0.25, 0.3) is 16.7 Å². The zero-order valence-electron chi connectivity index (χ0n) is 57.2. The Hall–Kier alpha value is -10.0. The number of aromatic amines is 1. The van der Waals surface area contributed by atoms with Gasteiger partial charge in [0, 0.05) is 79.7 Å². The number of carboxylic acid groups (broad SMARTS) is 1. The molecule has 3 aliphatic rings. The van der Waals surface area contributed by atoms with Crippen molar-refractivity contribution in [2.75, 3.05) is 39.6 Å². The Morgan fingerprint density at radius 3 is 1.12 bits per heavy atom. The number of aromatic nitrogens is 9. The van der Waals surface area contributed by atoms with Crippen LogP contribution in [0.25, 0.3) is 65.0 Å². The summed E-state index contributed by atoms with van der Waals surface area (Å²) in [6.07, 6.45) is 9.95. The number of nitrogens with zero attached hydrogens (tertiary/aromatic N) is 9. The zero-order chi connectivity index (χ0) is 75.3. The van der Waals surface area contributed by atoms with Crippen LogP contribution in [0.5, 0.6) is 11.8 Å². The van der Waals surface area contributed by atoms with Gasteiger partial charge in [-0.25, -0.2) is 29.7 Å². The Labute approximate surface area is 630 Å². The van der Waals surface area contributed by atoms with Gasteiger partial charge in [0.1, 0.15) is 0 Å². The number of carboxylic acids is 1. The van der Waals surface area contributed by atoms with Crippen LogP contribution in [0.15, 0.2) is 184 Å². The molecule has 0 saturated carbocycles. The summed E-state index contributed by atoms with van der Waals surface area (Å²) in [4.78, 5) is 85.1.